The lowest BCUT2D eigenvalue weighted by Gasteiger charge is -2.18. The van der Waals surface area contributed by atoms with Gasteiger partial charge in [-0.25, -0.2) is 19.2 Å². The van der Waals surface area contributed by atoms with E-state index in [0.29, 0.717) is 18.7 Å². The minimum absolute atomic E-state index is 0.0312. The largest absolute Gasteiger partial charge is 0.490 e. The quantitative estimate of drug-likeness (QED) is 0.140. The molecule has 17 heteroatoms. The normalized spacial score (nSPS) is 15.3. The number of hydrazone groups is 1. The SMILES string of the molecule is NN=Cc1ccc(N2CCC(NC(=O)NC[C@H](NC(=O)OCc3ccccc3)C(=O)O)C2=O)cc1.O=C(O)C(F)(F)F. The van der Waals surface area contributed by atoms with Crippen molar-refractivity contribution in [1.82, 2.24) is 16.0 Å². The first kappa shape index (κ1) is 32.9. The number of alkyl carbamates (subject to hydrolysis) is 1. The molecule has 2 aromatic carbocycles. The predicted octanol–water partition coefficient (Wildman–Crippen LogP) is 1.40. The van der Waals surface area contributed by atoms with Gasteiger partial charge in [0, 0.05) is 12.2 Å². The lowest BCUT2D eigenvalue weighted by Crippen LogP contribution is -2.52. The number of rotatable bonds is 9. The van der Waals surface area contributed by atoms with Crippen molar-refractivity contribution >= 4 is 41.9 Å². The maximum Gasteiger partial charge on any atom is 0.490 e. The van der Waals surface area contributed by atoms with Crippen molar-refractivity contribution in [2.24, 2.45) is 10.9 Å². The molecule has 1 saturated heterocycles. The number of halogens is 3. The number of anilines is 1. The number of carboxylic acid groups (broad SMARTS) is 2. The van der Waals surface area contributed by atoms with Gasteiger partial charge in [0.2, 0.25) is 5.91 Å². The number of urea groups is 1. The molecule has 0 spiro atoms. The van der Waals surface area contributed by atoms with E-state index in [9.17, 15) is 37.5 Å². The molecule has 2 aromatic rings. The summed E-state index contributed by atoms with van der Waals surface area (Å²) in [5, 5.41) is 27.0. The first-order valence-electron chi connectivity index (χ1n) is 12.0. The summed E-state index contributed by atoms with van der Waals surface area (Å²) >= 11 is 0. The van der Waals surface area contributed by atoms with Crippen LogP contribution in [0.5, 0.6) is 0 Å². The second-order valence-corrected chi connectivity index (χ2v) is 8.46. The molecule has 1 unspecified atom stereocenters. The maximum atomic E-state index is 12.7. The summed E-state index contributed by atoms with van der Waals surface area (Å²) < 4.78 is 36.7. The molecule has 7 N–H and O–H groups in total. The molecular formula is C25H27F3N6O8. The Balaban J connectivity index is 0.000000782. The predicted molar refractivity (Wildman–Crippen MR) is 140 cm³/mol. The molecule has 2 atom stereocenters. The van der Waals surface area contributed by atoms with Gasteiger partial charge >= 0.3 is 30.2 Å². The number of benzene rings is 2. The summed E-state index contributed by atoms with van der Waals surface area (Å²) in [6, 6.07) is 13.0. The average Bonchev–Trinajstić information content (AvgIpc) is 3.30. The molecule has 4 amide bonds. The van der Waals surface area contributed by atoms with Crippen LogP contribution in [0.4, 0.5) is 28.4 Å². The Kier molecular flexibility index (Phi) is 12.1. The summed E-state index contributed by atoms with van der Waals surface area (Å²) in [5.41, 5.74) is 2.18. The summed E-state index contributed by atoms with van der Waals surface area (Å²) in [6.45, 7) is -0.0341. The van der Waals surface area contributed by atoms with Crippen molar-refractivity contribution in [3.05, 3.63) is 65.7 Å². The van der Waals surface area contributed by atoms with E-state index < -0.39 is 48.9 Å². The number of carboxylic acids is 2. The fourth-order valence-electron chi connectivity index (χ4n) is 3.41. The zero-order valence-electron chi connectivity index (χ0n) is 21.7. The van der Waals surface area contributed by atoms with Crippen LogP contribution in [0.15, 0.2) is 59.7 Å². The number of ether oxygens (including phenoxy) is 1. The Labute approximate surface area is 236 Å². The highest BCUT2D eigenvalue weighted by Gasteiger charge is 2.38. The lowest BCUT2D eigenvalue weighted by molar-refractivity contribution is -0.192. The van der Waals surface area contributed by atoms with Gasteiger partial charge in [-0.15, -0.1) is 0 Å². The van der Waals surface area contributed by atoms with Gasteiger partial charge in [-0.3, -0.25) is 4.79 Å². The third kappa shape index (κ3) is 10.7. The van der Waals surface area contributed by atoms with Crippen molar-refractivity contribution < 1.29 is 52.1 Å². The van der Waals surface area contributed by atoms with Gasteiger partial charge in [-0.05, 0) is 29.7 Å². The minimum atomic E-state index is -5.08. The Hall–Kier alpha value is -5.35. The van der Waals surface area contributed by atoms with E-state index in [0.717, 1.165) is 11.1 Å². The Morgan fingerprint density at radius 1 is 1.10 bits per heavy atom. The molecule has 0 radical (unpaired) electrons. The van der Waals surface area contributed by atoms with Gasteiger partial charge in [0.15, 0.2) is 0 Å². The molecule has 0 bridgehead atoms. The van der Waals surface area contributed by atoms with Gasteiger partial charge in [0.1, 0.15) is 18.7 Å². The van der Waals surface area contributed by atoms with Crippen LogP contribution in [0, 0.1) is 0 Å². The molecular weight excluding hydrogens is 569 g/mol. The number of carbonyl (C=O) groups excluding carboxylic acids is 3. The number of amides is 4. The number of nitrogens with two attached hydrogens (primary N) is 1. The van der Waals surface area contributed by atoms with Crippen LogP contribution < -0.4 is 26.7 Å². The third-order valence-electron chi connectivity index (χ3n) is 5.45. The number of carbonyl (C=O) groups is 5. The smallest absolute Gasteiger partial charge is 0.480 e. The van der Waals surface area contributed by atoms with E-state index >= 15 is 0 Å². The van der Waals surface area contributed by atoms with E-state index in [2.05, 4.69) is 21.1 Å². The van der Waals surface area contributed by atoms with Crippen LogP contribution in [0.1, 0.15) is 17.5 Å². The highest BCUT2D eigenvalue weighted by molar-refractivity contribution is 6.01. The number of aliphatic carboxylic acids is 2. The second-order valence-electron chi connectivity index (χ2n) is 8.46. The van der Waals surface area contributed by atoms with Crippen LogP contribution in [-0.4, -0.2) is 77.7 Å². The summed E-state index contributed by atoms with van der Waals surface area (Å²) in [5.74, 6) is 0.721. The van der Waals surface area contributed by atoms with E-state index in [-0.39, 0.29) is 12.5 Å². The zero-order chi connectivity index (χ0) is 31.3. The van der Waals surface area contributed by atoms with Crippen molar-refractivity contribution in [3.8, 4) is 0 Å². The van der Waals surface area contributed by atoms with Gasteiger partial charge in [0.05, 0.1) is 12.8 Å². The average molecular weight is 597 g/mol. The molecule has 14 nitrogen and oxygen atoms in total. The zero-order valence-corrected chi connectivity index (χ0v) is 21.7. The highest BCUT2D eigenvalue weighted by atomic mass is 19.4. The molecule has 1 heterocycles. The van der Waals surface area contributed by atoms with Crippen LogP contribution in [0.3, 0.4) is 0 Å². The fourth-order valence-corrected chi connectivity index (χ4v) is 3.41. The molecule has 1 aliphatic heterocycles. The summed E-state index contributed by atoms with van der Waals surface area (Å²) in [6.07, 6.45) is -4.16. The van der Waals surface area contributed by atoms with Crippen LogP contribution in [-0.2, 0) is 25.7 Å². The van der Waals surface area contributed by atoms with Gasteiger partial charge in [0.25, 0.3) is 0 Å². The first-order chi connectivity index (χ1) is 19.8. The topological polar surface area (TPSA) is 213 Å². The summed E-state index contributed by atoms with van der Waals surface area (Å²) in [7, 11) is 0. The van der Waals surface area contributed by atoms with Crippen LogP contribution >= 0.6 is 0 Å². The molecule has 42 heavy (non-hydrogen) atoms. The van der Waals surface area contributed by atoms with E-state index in [1.165, 1.54) is 6.21 Å². The van der Waals surface area contributed by atoms with E-state index in [1.54, 1.807) is 53.4 Å². The molecule has 0 saturated carbocycles. The molecule has 0 aromatic heterocycles. The standard InChI is InChI=1S/C23H26N6O6.C2HF3O2/c24-26-12-15-6-8-17(9-7-15)29-11-10-18(20(29)30)27-22(33)25-13-19(21(31)32)28-23(34)35-14-16-4-2-1-3-5-16;3-2(4,5)1(6)7/h1-9,12,18-19H,10-11,13-14,24H2,(H,28,34)(H,31,32)(H2,25,27,33);(H,6,7)/t18?,19-;/m0./s1. The van der Waals surface area contributed by atoms with E-state index in [4.69, 9.17) is 20.5 Å². The monoisotopic (exact) mass is 596 g/mol. The van der Waals surface area contributed by atoms with Gasteiger partial charge in [-0.1, -0.05) is 42.5 Å². The van der Waals surface area contributed by atoms with Crippen molar-refractivity contribution in [2.75, 3.05) is 18.0 Å². The van der Waals surface area contributed by atoms with Crippen molar-refractivity contribution in [3.63, 3.8) is 0 Å². The Bertz CT molecular complexity index is 1280. The van der Waals surface area contributed by atoms with Gasteiger partial charge in [-0.2, -0.15) is 18.3 Å². The molecule has 1 fully saturated rings. The van der Waals surface area contributed by atoms with Crippen molar-refractivity contribution in [2.45, 2.75) is 31.3 Å². The Morgan fingerprint density at radius 3 is 2.26 bits per heavy atom. The number of nitrogens with one attached hydrogen (secondary N) is 3. The number of hydrogen-bond acceptors (Lipinski definition) is 8. The van der Waals surface area contributed by atoms with E-state index in [1.807, 2.05) is 6.07 Å². The second kappa shape index (κ2) is 15.4. The number of alkyl halides is 3. The number of nitrogens with zero attached hydrogens (tertiary/aromatic N) is 2. The first-order valence-corrected chi connectivity index (χ1v) is 12.0. The summed E-state index contributed by atoms with van der Waals surface area (Å²) in [4.78, 5) is 58.8. The molecule has 1 aliphatic rings. The number of hydrogen-bond donors (Lipinski definition) is 6. The molecule has 226 valence electrons. The third-order valence-corrected chi connectivity index (χ3v) is 5.45. The van der Waals surface area contributed by atoms with Crippen LogP contribution in [0.25, 0.3) is 0 Å². The molecule has 3 rings (SSSR count). The lowest BCUT2D eigenvalue weighted by atomic mass is 10.2. The maximum absolute atomic E-state index is 12.7. The minimum Gasteiger partial charge on any atom is -0.480 e. The van der Waals surface area contributed by atoms with Crippen molar-refractivity contribution in [1.29, 1.82) is 0 Å². The fraction of sp³-hybridized carbons (Fsp3) is 0.280. The Morgan fingerprint density at radius 2 is 1.71 bits per heavy atom. The highest BCUT2D eigenvalue weighted by Crippen LogP contribution is 2.22. The van der Waals surface area contributed by atoms with Crippen LogP contribution in [0.2, 0.25) is 0 Å². The molecule has 0 aliphatic carbocycles. The van der Waals surface area contributed by atoms with Gasteiger partial charge < -0.3 is 41.6 Å².